The van der Waals surface area contributed by atoms with Crippen LogP contribution < -0.4 is 5.56 Å². The summed E-state index contributed by atoms with van der Waals surface area (Å²) in [6, 6.07) is 9.84. The molecule has 0 saturated heterocycles. The van der Waals surface area contributed by atoms with Crippen molar-refractivity contribution in [3.63, 3.8) is 0 Å². The molecule has 0 fully saturated rings. The normalized spacial score (nSPS) is 10.4. The van der Waals surface area contributed by atoms with E-state index in [1.807, 2.05) is 0 Å². The summed E-state index contributed by atoms with van der Waals surface area (Å²) in [5.41, 5.74) is 0.892. The first-order valence-corrected chi connectivity index (χ1v) is 5.15. The maximum absolute atomic E-state index is 11.8. The summed E-state index contributed by atoms with van der Waals surface area (Å²) >= 11 is 5.97. The SMILES string of the molecule is Cc1cc(O)n(-c2ccccc2Cl)c(=O)c1. The van der Waals surface area contributed by atoms with Crippen molar-refractivity contribution in [3.8, 4) is 11.6 Å². The highest BCUT2D eigenvalue weighted by Crippen LogP contribution is 2.22. The van der Waals surface area contributed by atoms with E-state index in [9.17, 15) is 9.90 Å². The average molecular weight is 236 g/mol. The number of benzene rings is 1. The Hall–Kier alpha value is -1.74. The van der Waals surface area contributed by atoms with Gasteiger partial charge in [-0.1, -0.05) is 23.7 Å². The van der Waals surface area contributed by atoms with Crippen LogP contribution in [0.25, 0.3) is 5.69 Å². The Labute approximate surface area is 97.5 Å². The molecule has 0 unspecified atom stereocenters. The standard InChI is InChI=1S/C12H10ClNO2/c1-8-6-11(15)14(12(16)7-8)10-5-3-2-4-9(10)13/h2-7,15H,1H3. The minimum absolute atomic E-state index is 0.113. The largest absolute Gasteiger partial charge is 0.494 e. The number of rotatable bonds is 1. The summed E-state index contributed by atoms with van der Waals surface area (Å²) in [7, 11) is 0. The molecule has 1 aromatic heterocycles. The fourth-order valence-corrected chi connectivity index (χ4v) is 1.78. The van der Waals surface area contributed by atoms with Crippen LogP contribution in [0, 0.1) is 6.92 Å². The molecule has 82 valence electrons. The van der Waals surface area contributed by atoms with E-state index < -0.39 is 0 Å². The van der Waals surface area contributed by atoms with Gasteiger partial charge in [-0.25, -0.2) is 4.57 Å². The van der Waals surface area contributed by atoms with Crippen LogP contribution in [0.5, 0.6) is 5.88 Å². The lowest BCUT2D eigenvalue weighted by Gasteiger charge is -2.10. The van der Waals surface area contributed by atoms with Crippen molar-refractivity contribution in [2.45, 2.75) is 6.92 Å². The molecule has 0 radical (unpaired) electrons. The Morgan fingerprint density at radius 2 is 1.94 bits per heavy atom. The zero-order valence-electron chi connectivity index (χ0n) is 8.64. The topological polar surface area (TPSA) is 42.2 Å². The summed E-state index contributed by atoms with van der Waals surface area (Å²) in [6.07, 6.45) is 0. The Balaban J connectivity index is 2.75. The molecule has 0 spiro atoms. The Kier molecular flexibility index (Phi) is 2.71. The van der Waals surface area contributed by atoms with Gasteiger partial charge < -0.3 is 5.11 Å². The van der Waals surface area contributed by atoms with Crippen molar-refractivity contribution in [2.75, 3.05) is 0 Å². The summed E-state index contributed by atoms with van der Waals surface area (Å²) in [6.45, 7) is 1.75. The second kappa shape index (κ2) is 4.02. The van der Waals surface area contributed by atoms with Crippen LogP contribution in [0.15, 0.2) is 41.2 Å². The molecule has 0 aliphatic heterocycles. The Bertz CT molecular complexity index is 590. The van der Waals surface area contributed by atoms with Crippen molar-refractivity contribution in [1.82, 2.24) is 4.57 Å². The first-order chi connectivity index (χ1) is 7.59. The molecule has 0 aliphatic carbocycles. The summed E-state index contributed by atoms with van der Waals surface area (Å²) in [5, 5.41) is 10.2. The monoisotopic (exact) mass is 235 g/mol. The van der Waals surface area contributed by atoms with Crippen LogP contribution >= 0.6 is 11.6 Å². The van der Waals surface area contributed by atoms with Gasteiger partial charge in [-0.2, -0.15) is 0 Å². The van der Waals surface area contributed by atoms with Crippen molar-refractivity contribution in [2.24, 2.45) is 0 Å². The first kappa shape index (κ1) is 10.8. The molecule has 0 bridgehead atoms. The maximum atomic E-state index is 11.8. The van der Waals surface area contributed by atoms with Gasteiger partial charge in [0.15, 0.2) is 5.88 Å². The van der Waals surface area contributed by atoms with Crippen LogP contribution in [0.3, 0.4) is 0 Å². The van der Waals surface area contributed by atoms with Crippen LogP contribution in [-0.4, -0.2) is 9.67 Å². The first-order valence-electron chi connectivity index (χ1n) is 4.77. The molecule has 4 heteroatoms. The van der Waals surface area contributed by atoms with E-state index in [1.165, 1.54) is 16.7 Å². The molecule has 0 saturated carbocycles. The van der Waals surface area contributed by atoms with E-state index in [0.29, 0.717) is 16.3 Å². The third-order valence-corrected chi connectivity index (χ3v) is 2.57. The second-order valence-electron chi connectivity index (χ2n) is 3.52. The number of hydrogen-bond donors (Lipinski definition) is 1. The lowest BCUT2D eigenvalue weighted by Crippen LogP contribution is -2.17. The third-order valence-electron chi connectivity index (χ3n) is 2.25. The quantitative estimate of drug-likeness (QED) is 0.825. The number of pyridine rings is 1. The van der Waals surface area contributed by atoms with Gasteiger partial charge in [0.05, 0.1) is 10.7 Å². The zero-order valence-corrected chi connectivity index (χ0v) is 9.40. The Morgan fingerprint density at radius 3 is 2.56 bits per heavy atom. The van der Waals surface area contributed by atoms with E-state index in [1.54, 1.807) is 31.2 Å². The molecule has 2 aromatic rings. The lowest BCUT2D eigenvalue weighted by molar-refractivity contribution is 0.435. The number of aromatic hydroxyl groups is 1. The number of aryl methyl sites for hydroxylation is 1. The highest BCUT2D eigenvalue weighted by Gasteiger charge is 2.08. The predicted molar refractivity (Wildman–Crippen MR) is 63.5 cm³/mol. The fourth-order valence-electron chi connectivity index (χ4n) is 1.56. The Morgan fingerprint density at radius 1 is 1.25 bits per heavy atom. The molecule has 0 aliphatic rings. The van der Waals surface area contributed by atoms with Gasteiger partial charge in [0, 0.05) is 12.1 Å². The summed E-state index contributed by atoms with van der Waals surface area (Å²) in [5.74, 6) is -0.113. The van der Waals surface area contributed by atoms with Crippen molar-refractivity contribution in [1.29, 1.82) is 0 Å². The van der Waals surface area contributed by atoms with E-state index in [-0.39, 0.29) is 11.4 Å². The van der Waals surface area contributed by atoms with Crippen LogP contribution in [0.1, 0.15) is 5.56 Å². The highest BCUT2D eigenvalue weighted by molar-refractivity contribution is 6.32. The fraction of sp³-hybridized carbons (Fsp3) is 0.0833. The van der Waals surface area contributed by atoms with E-state index in [2.05, 4.69) is 0 Å². The molecule has 1 aromatic carbocycles. The van der Waals surface area contributed by atoms with Crippen LogP contribution in [-0.2, 0) is 0 Å². The van der Waals surface area contributed by atoms with Gasteiger partial charge >= 0.3 is 0 Å². The van der Waals surface area contributed by atoms with Crippen LogP contribution in [0.4, 0.5) is 0 Å². The number of nitrogens with zero attached hydrogens (tertiary/aromatic N) is 1. The zero-order chi connectivity index (χ0) is 11.7. The smallest absolute Gasteiger partial charge is 0.258 e. The van der Waals surface area contributed by atoms with Crippen LogP contribution in [0.2, 0.25) is 5.02 Å². The predicted octanol–water partition coefficient (Wildman–Crippen LogP) is 2.50. The molecule has 2 rings (SSSR count). The molecule has 1 heterocycles. The van der Waals surface area contributed by atoms with E-state index in [4.69, 9.17) is 11.6 Å². The molecule has 0 atom stereocenters. The van der Waals surface area contributed by atoms with Gasteiger partial charge in [-0.05, 0) is 24.6 Å². The van der Waals surface area contributed by atoms with Gasteiger partial charge in [0.2, 0.25) is 0 Å². The summed E-state index contributed by atoms with van der Waals surface area (Å²) in [4.78, 5) is 11.8. The van der Waals surface area contributed by atoms with Crippen molar-refractivity contribution in [3.05, 3.63) is 57.3 Å². The second-order valence-corrected chi connectivity index (χ2v) is 3.92. The molecule has 0 amide bonds. The number of aromatic nitrogens is 1. The number of halogens is 1. The maximum Gasteiger partial charge on any atom is 0.258 e. The van der Waals surface area contributed by atoms with Crippen molar-refractivity contribution >= 4 is 11.6 Å². The van der Waals surface area contributed by atoms with E-state index in [0.717, 1.165) is 0 Å². The third kappa shape index (κ3) is 1.82. The lowest BCUT2D eigenvalue weighted by atomic mass is 10.2. The summed E-state index contributed by atoms with van der Waals surface area (Å²) < 4.78 is 1.18. The molecular weight excluding hydrogens is 226 g/mol. The van der Waals surface area contributed by atoms with Crippen molar-refractivity contribution < 1.29 is 5.11 Å². The molecule has 1 N–H and O–H groups in total. The van der Waals surface area contributed by atoms with Gasteiger partial charge in [0.25, 0.3) is 5.56 Å². The van der Waals surface area contributed by atoms with Gasteiger partial charge in [-0.15, -0.1) is 0 Å². The minimum atomic E-state index is -0.300. The van der Waals surface area contributed by atoms with Gasteiger partial charge in [0.1, 0.15) is 0 Å². The minimum Gasteiger partial charge on any atom is -0.494 e. The van der Waals surface area contributed by atoms with E-state index >= 15 is 0 Å². The average Bonchev–Trinajstić information content (AvgIpc) is 2.19. The molecule has 3 nitrogen and oxygen atoms in total. The highest BCUT2D eigenvalue weighted by atomic mass is 35.5. The van der Waals surface area contributed by atoms with Gasteiger partial charge in [-0.3, -0.25) is 4.79 Å². The molecule has 16 heavy (non-hydrogen) atoms. The number of hydrogen-bond acceptors (Lipinski definition) is 2. The number of para-hydroxylation sites is 1. The molecular formula is C12H10ClNO2.